The minimum Gasteiger partial charge on any atom is -0.481 e. The second-order valence-corrected chi connectivity index (χ2v) is 3.12. The van der Waals surface area contributed by atoms with Gasteiger partial charge in [-0.25, -0.2) is 0 Å². The first-order valence-corrected chi connectivity index (χ1v) is 4.36. The first-order chi connectivity index (χ1) is 6.06. The molecule has 0 bridgehead atoms. The Morgan fingerprint density at radius 2 is 2.31 bits per heavy atom. The van der Waals surface area contributed by atoms with E-state index in [-0.39, 0.29) is 6.42 Å². The van der Waals surface area contributed by atoms with Crippen LogP contribution in [0.15, 0.2) is 0 Å². The number of hydrogen-bond acceptors (Lipinski definition) is 2. The van der Waals surface area contributed by atoms with Crippen molar-refractivity contribution in [2.45, 2.75) is 19.8 Å². The summed E-state index contributed by atoms with van der Waals surface area (Å²) in [6.45, 7) is 1.92. The number of halogens is 1. The number of nitrogens with zero attached hydrogens (tertiary/aromatic N) is 2. The lowest BCUT2D eigenvalue weighted by Crippen LogP contribution is -2.02. The van der Waals surface area contributed by atoms with Gasteiger partial charge >= 0.3 is 5.97 Å². The molecular weight excluding hydrogens is 192 g/mol. The fourth-order valence-electron chi connectivity index (χ4n) is 1.21. The Morgan fingerprint density at radius 3 is 2.77 bits per heavy atom. The van der Waals surface area contributed by atoms with Gasteiger partial charge in [0, 0.05) is 12.6 Å². The Hall–Kier alpha value is -1.03. The van der Waals surface area contributed by atoms with Crippen LogP contribution >= 0.6 is 11.6 Å². The van der Waals surface area contributed by atoms with E-state index in [1.54, 1.807) is 7.05 Å². The maximum atomic E-state index is 10.5. The van der Waals surface area contributed by atoms with Gasteiger partial charge in [0.05, 0.1) is 12.1 Å². The summed E-state index contributed by atoms with van der Waals surface area (Å²) >= 11 is 5.87. The number of aryl methyl sites for hydroxylation is 2. The lowest BCUT2D eigenvalue weighted by atomic mass is 10.1. The predicted octanol–water partition coefficient (Wildman–Crippen LogP) is 1.26. The van der Waals surface area contributed by atoms with Gasteiger partial charge in [0.2, 0.25) is 0 Å². The zero-order valence-electron chi connectivity index (χ0n) is 7.54. The summed E-state index contributed by atoms with van der Waals surface area (Å²) in [5.41, 5.74) is 1.38. The Morgan fingerprint density at radius 1 is 1.69 bits per heavy atom. The summed E-state index contributed by atoms with van der Waals surface area (Å²) in [5.74, 6) is -0.885. The number of carboxylic acids is 1. The highest BCUT2D eigenvalue weighted by atomic mass is 35.5. The van der Waals surface area contributed by atoms with Crippen molar-refractivity contribution < 1.29 is 9.90 Å². The number of aromatic nitrogens is 2. The summed E-state index contributed by atoms with van der Waals surface area (Å²) in [6.07, 6.45) is 0.638. The molecule has 0 amide bonds. The minimum atomic E-state index is -0.885. The molecule has 72 valence electrons. The zero-order chi connectivity index (χ0) is 10.0. The van der Waals surface area contributed by atoms with Crippen LogP contribution in [-0.4, -0.2) is 20.9 Å². The topological polar surface area (TPSA) is 55.1 Å². The van der Waals surface area contributed by atoms with Gasteiger partial charge in [-0.05, 0) is 6.42 Å². The average molecular weight is 203 g/mol. The number of aliphatic carboxylic acids is 1. The molecule has 0 saturated heterocycles. The highest BCUT2D eigenvalue weighted by Crippen LogP contribution is 2.20. The highest BCUT2D eigenvalue weighted by molar-refractivity contribution is 6.30. The van der Waals surface area contributed by atoms with Crippen molar-refractivity contribution in [3.63, 3.8) is 0 Å². The van der Waals surface area contributed by atoms with Gasteiger partial charge in [0.15, 0.2) is 0 Å². The molecule has 0 radical (unpaired) electrons. The van der Waals surface area contributed by atoms with Gasteiger partial charge in [-0.15, -0.1) is 0 Å². The van der Waals surface area contributed by atoms with Crippen LogP contribution in [0.1, 0.15) is 18.2 Å². The minimum absolute atomic E-state index is 0.0597. The molecule has 0 aromatic carbocycles. The van der Waals surface area contributed by atoms with Crippen LogP contribution in [0.25, 0.3) is 0 Å². The third-order valence-corrected chi connectivity index (χ3v) is 2.29. The van der Waals surface area contributed by atoms with E-state index in [0.29, 0.717) is 17.1 Å². The Kier molecular flexibility index (Phi) is 2.93. The van der Waals surface area contributed by atoms with Crippen LogP contribution in [0.2, 0.25) is 5.15 Å². The highest BCUT2D eigenvalue weighted by Gasteiger charge is 2.15. The number of hydrogen-bond donors (Lipinski definition) is 1. The Balaban J connectivity index is 3.08. The zero-order valence-corrected chi connectivity index (χ0v) is 8.30. The molecule has 4 nitrogen and oxygen atoms in total. The number of carbonyl (C=O) groups is 1. The van der Waals surface area contributed by atoms with Gasteiger partial charge in [-0.2, -0.15) is 5.10 Å². The predicted molar refractivity (Wildman–Crippen MR) is 48.9 cm³/mol. The van der Waals surface area contributed by atoms with E-state index in [0.717, 1.165) is 5.69 Å². The van der Waals surface area contributed by atoms with E-state index in [4.69, 9.17) is 16.7 Å². The molecular formula is C8H11ClN2O2. The van der Waals surface area contributed by atoms with Gasteiger partial charge in [0.25, 0.3) is 0 Å². The van der Waals surface area contributed by atoms with Gasteiger partial charge < -0.3 is 5.11 Å². The van der Waals surface area contributed by atoms with E-state index >= 15 is 0 Å². The molecule has 0 aliphatic carbocycles. The smallest absolute Gasteiger partial charge is 0.308 e. The van der Waals surface area contributed by atoms with Crippen molar-refractivity contribution in [3.05, 3.63) is 16.4 Å². The van der Waals surface area contributed by atoms with E-state index in [1.807, 2.05) is 6.92 Å². The summed E-state index contributed by atoms with van der Waals surface area (Å²) in [6, 6.07) is 0. The maximum Gasteiger partial charge on any atom is 0.308 e. The number of carboxylic acid groups (broad SMARTS) is 1. The molecule has 0 aliphatic rings. The Labute approximate surface area is 81.1 Å². The van der Waals surface area contributed by atoms with Crippen LogP contribution in [-0.2, 0) is 24.7 Å². The van der Waals surface area contributed by atoms with Crippen molar-refractivity contribution in [1.82, 2.24) is 9.78 Å². The molecule has 0 saturated carbocycles. The molecule has 1 aromatic rings. The number of rotatable bonds is 3. The maximum absolute atomic E-state index is 10.5. The van der Waals surface area contributed by atoms with Crippen molar-refractivity contribution in [2.75, 3.05) is 0 Å². The van der Waals surface area contributed by atoms with Crippen molar-refractivity contribution in [3.8, 4) is 0 Å². The molecule has 0 fully saturated rings. The standard InChI is InChI=1S/C8H11ClN2O2/c1-3-6-5(4-7(12)13)8(9)11(2)10-6/h3-4H2,1-2H3,(H,12,13). The second kappa shape index (κ2) is 3.79. The summed E-state index contributed by atoms with van der Waals surface area (Å²) in [5, 5.41) is 13.1. The fraction of sp³-hybridized carbons (Fsp3) is 0.500. The SMILES string of the molecule is CCc1nn(C)c(Cl)c1CC(=O)O. The molecule has 0 unspecified atom stereocenters. The first-order valence-electron chi connectivity index (χ1n) is 3.98. The van der Waals surface area contributed by atoms with E-state index in [9.17, 15) is 4.79 Å². The molecule has 0 atom stereocenters. The molecule has 1 aromatic heterocycles. The van der Waals surface area contributed by atoms with Gasteiger partial charge in [-0.3, -0.25) is 9.48 Å². The first kappa shape index (κ1) is 10.1. The molecule has 13 heavy (non-hydrogen) atoms. The molecule has 1 heterocycles. The second-order valence-electron chi connectivity index (χ2n) is 2.76. The molecule has 1 rings (SSSR count). The van der Waals surface area contributed by atoms with Crippen LogP contribution in [0.5, 0.6) is 0 Å². The van der Waals surface area contributed by atoms with Crippen LogP contribution in [0.3, 0.4) is 0 Å². The normalized spacial score (nSPS) is 10.4. The third kappa shape index (κ3) is 2.01. The van der Waals surface area contributed by atoms with Crippen molar-refractivity contribution in [2.24, 2.45) is 7.05 Å². The van der Waals surface area contributed by atoms with Crippen LogP contribution in [0, 0.1) is 0 Å². The summed E-state index contributed by atoms with van der Waals surface area (Å²) in [4.78, 5) is 10.5. The quantitative estimate of drug-likeness (QED) is 0.803. The van der Waals surface area contributed by atoms with Crippen molar-refractivity contribution >= 4 is 17.6 Å². The summed E-state index contributed by atoms with van der Waals surface area (Å²) < 4.78 is 1.50. The van der Waals surface area contributed by atoms with E-state index in [2.05, 4.69) is 5.10 Å². The van der Waals surface area contributed by atoms with E-state index < -0.39 is 5.97 Å². The monoisotopic (exact) mass is 202 g/mol. The molecule has 0 spiro atoms. The summed E-state index contributed by atoms with van der Waals surface area (Å²) in [7, 11) is 1.70. The molecule has 5 heteroatoms. The third-order valence-electron chi connectivity index (χ3n) is 1.82. The van der Waals surface area contributed by atoms with Crippen LogP contribution in [0.4, 0.5) is 0 Å². The lowest BCUT2D eigenvalue weighted by Gasteiger charge is -1.95. The largest absolute Gasteiger partial charge is 0.481 e. The fourth-order valence-corrected chi connectivity index (χ4v) is 1.42. The van der Waals surface area contributed by atoms with Gasteiger partial charge in [0.1, 0.15) is 5.15 Å². The van der Waals surface area contributed by atoms with Gasteiger partial charge in [-0.1, -0.05) is 18.5 Å². The van der Waals surface area contributed by atoms with Crippen molar-refractivity contribution in [1.29, 1.82) is 0 Å². The molecule has 0 aliphatic heterocycles. The molecule has 1 N–H and O–H groups in total. The van der Waals surface area contributed by atoms with Crippen LogP contribution < -0.4 is 0 Å². The Bertz CT molecular complexity index is 333. The lowest BCUT2D eigenvalue weighted by molar-refractivity contribution is -0.136. The average Bonchev–Trinajstić information content (AvgIpc) is 2.31. The van der Waals surface area contributed by atoms with E-state index in [1.165, 1.54) is 4.68 Å².